The molecule has 1 atom stereocenters. The first-order valence-electron chi connectivity index (χ1n) is 6.23. The molecule has 1 aromatic carbocycles. The topological polar surface area (TPSA) is 61.6 Å². The summed E-state index contributed by atoms with van der Waals surface area (Å²) < 4.78 is 0. The molecular formula is C15H12N4S. The Morgan fingerprint density at radius 3 is 3.05 bits per heavy atom. The van der Waals surface area contributed by atoms with E-state index in [2.05, 4.69) is 28.3 Å². The van der Waals surface area contributed by atoms with Gasteiger partial charge >= 0.3 is 0 Å². The molecule has 0 amide bonds. The van der Waals surface area contributed by atoms with E-state index < -0.39 is 0 Å². The molecule has 1 N–H and O–H groups in total. The number of fused-ring (bicyclic) bond motifs is 1. The van der Waals surface area contributed by atoms with Gasteiger partial charge in [-0.05, 0) is 36.1 Å². The zero-order valence-corrected chi connectivity index (χ0v) is 11.7. The van der Waals surface area contributed by atoms with Crippen LogP contribution in [0.1, 0.15) is 24.1 Å². The second-order valence-corrected chi connectivity index (χ2v) is 5.36. The van der Waals surface area contributed by atoms with Crippen molar-refractivity contribution in [1.82, 2.24) is 9.97 Å². The Balaban J connectivity index is 1.90. The minimum absolute atomic E-state index is 0.0706. The van der Waals surface area contributed by atoms with Gasteiger partial charge in [-0.15, -0.1) is 11.3 Å². The number of anilines is 1. The predicted octanol–water partition coefficient (Wildman–Crippen LogP) is 3.74. The monoisotopic (exact) mass is 280 g/mol. The summed E-state index contributed by atoms with van der Waals surface area (Å²) >= 11 is 1.60. The number of nitrogens with zero attached hydrogens (tertiary/aromatic N) is 3. The average Bonchev–Trinajstić information content (AvgIpc) is 2.97. The lowest BCUT2D eigenvalue weighted by atomic mass is 10.1. The van der Waals surface area contributed by atoms with Crippen molar-refractivity contribution >= 4 is 27.4 Å². The Kier molecular flexibility index (Phi) is 3.32. The van der Waals surface area contributed by atoms with Crippen molar-refractivity contribution in [3.8, 4) is 6.07 Å². The van der Waals surface area contributed by atoms with E-state index in [1.165, 1.54) is 0 Å². The normalized spacial score (nSPS) is 12.0. The molecule has 0 aliphatic heterocycles. The van der Waals surface area contributed by atoms with E-state index in [9.17, 15) is 0 Å². The molecule has 0 spiro atoms. The average molecular weight is 280 g/mol. The molecule has 98 valence electrons. The smallest absolute Gasteiger partial charge is 0.138 e. The Morgan fingerprint density at radius 2 is 2.20 bits per heavy atom. The van der Waals surface area contributed by atoms with Crippen LogP contribution in [0.25, 0.3) is 10.2 Å². The van der Waals surface area contributed by atoms with Crippen molar-refractivity contribution in [2.45, 2.75) is 13.0 Å². The summed E-state index contributed by atoms with van der Waals surface area (Å²) in [5.41, 5.74) is 1.73. The van der Waals surface area contributed by atoms with Crippen molar-refractivity contribution in [3.05, 3.63) is 53.2 Å². The van der Waals surface area contributed by atoms with E-state index in [4.69, 9.17) is 5.26 Å². The van der Waals surface area contributed by atoms with Crippen LogP contribution in [0.15, 0.2) is 42.0 Å². The second kappa shape index (κ2) is 5.27. The van der Waals surface area contributed by atoms with E-state index in [-0.39, 0.29) is 6.04 Å². The number of aromatic nitrogens is 2. The van der Waals surface area contributed by atoms with Crippen LogP contribution in [0.3, 0.4) is 0 Å². The van der Waals surface area contributed by atoms with Crippen LogP contribution in [0.2, 0.25) is 0 Å². The highest BCUT2D eigenvalue weighted by molar-refractivity contribution is 7.16. The van der Waals surface area contributed by atoms with Crippen molar-refractivity contribution in [1.29, 1.82) is 5.26 Å². The molecule has 0 radical (unpaired) electrons. The molecule has 0 saturated carbocycles. The molecule has 3 aromatic rings. The van der Waals surface area contributed by atoms with Gasteiger partial charge in [0, 0.05) is 0 Å². The Labute approximate surface area is 120 Å². The van der Waals surface area contributed by atoms with E-state index in [0.29, 0.717) is 5.56 Å². The highest BCUT2D eigenvalue weighted by Gasteiger charge is 2.10. The summed E-state index contributed by atoms with van der Waals surface area (Å²) in [6, 6.07) is 11.8. The van der Waals surface area contributed by atoms with Gasteiger partial charge < -0.3 is 5.32 Å². The van der Waals surface area contributed by atoms with Gasteiger partial charge in [0.1, 0.15) is 17.0 Å². The number of rotatable bonds is 3. The largest absolute Gasteiger partial charge is 0.363 e. The van der Waals surface area contributed by atoms with E-state index in [1.807, 2.05) is 29.6 Å². The van der Waals surface area contributed by atoms with Gasteiger partial charge in [0.05, 0.1) is 23.1 Å². The van der Waals surface area contributed by atoms with Gasteiger partial charge in [-0.2, -0.15) is 5.26 Å². The van der Waals surface area contributed by atoms with E-state index in [0.717, 1.165) is 21.6 Å². The molecule has 4 nitrogen and oxygen atoms in total. The molecule has 20 heavy (non-hydrogen) atoms. The highest BCUT2D eigenvalue weighted by atomic mass is 32.1. The zero-order chi connectivity index (χ0) is 13.9. The maximum Gasteiger partial charge on any atom is 0.138 e. The molecule has 0 aliphatic rings. The zero-order valence-electron chi connectivity index (χ0n) is 10.9. The molecule has 5 heteroatoms. The summed E-state index contributed by atoms with van der Waals surface area (Å²) in [4.78, 5) is 9.51. The maximum atomic E-state index is 8.96. The fraction of sp³-hybridized carbons (Fsp3) is 0.133. The minimum atomic E-state index is 0.0706. The molecule has 2 aromatic heterocycles. The van der Waals surface area contributed by atoms with Crippen LogP contribution in [-0.4, -0.2) is 9.97 Å². The SMILES string of the molecule is CC(Nc1ncnc2sccc12)c1cccc(C#N)c1. The Morgan fingerprint density at radius 1 is 1.30 bits per heavy atom. The van der Waals surface area contributed by atoms with Crippen molar-refractivity contribution in [2.75, 3.05) is 5.32 Å². The third-order valence-corrected chi connectivity index (χ3v) is 3.95. The number of benzene rings is 1. The predicted molar refractivity (Wildman–Crippen MR) is 80.6 cm³/mol. The third kappa shape index (κ3) is 2.33. The summed E-state index contributed by atoms with van der Waals surface area (Å²) in [5.74, 6) is 0.825. The first-order chi connectivity index (χ1) is 9.78. The highest BCUT2D eigenvalue weighted by Crippen LogP contribution is 2.27. The van der Waals surface area contributed by atoms with Crippen molar-refractivity contribution in [3.63, 3.8) is 0 Å². The fourth-order valence-corrected chi connectivity index (χ4v) is 2.80. The van der Waals surface area contributed by atoms with Crippen LogP contribution in [0, 0.1) is 11.3 Å². The van der Waals surface area contributed by atoms with Crippen LogP contribution in [-0.2, 0) is 0 Å². The molecular weight excluding hydrogens is 268 g/mol. The molecule has 0 fully saturated rings. The van der Waals surface area contributed by atoms with Gasteiger partial charge in [0.15, 0.2) is 0 Å². The van der Waals surface area contributed by atoms with Crippen molar-refractivity contribution in [2.24, 2.45) is 0 Å². The molecule has 0 saturated heterocycles. The van der Waals surface area contributed by atoms with Crippen LogP contribution < -0.4 is 5.32 Å². The maximum absolute atomic E-state index is 8.96. The van der Waals surface area contributed by atoms with Gasteiger partial charge in [-0.1, -0.05) is 12.1 Å². The molecule has 0 aliphatic carbocycles. The van der Waals surface area contributed by atoms with Gasteiger partial charge in [-0.3, -0.25) is 0 Å². The molecule has 0 bridgehead atoms. The lowest BCUT2D eigenvalue weighted by Gasteiger charge is -2.15. The second-order valence-electron chi connectivity index (χ2n) is 4.46. The van der Waals surface area contributed by atoms with Crippen molar-refractivity contribution < 1.29 is 0 Å². The molecule has 3 rings (SSSR count). The van der Waals surface area contributed by atoms with E-state index >= 15 is 0 Å². The molecule has 1 unspecified atom stereocenters. The molecule has 2 heterocycles. The summed E-state index contributed by atoms with van der Waals surface area (Å²) in [7, 11) is 0. The van der Waals surface area contributed by atoms with Gasteiger partial charge in [0.25, 0.3) is 0 Å². The number of hydrogen-bond donors (Lipinski definition) is 1. The van der Waals surface area contributed by atoms with E-state index in [1.54, 1.807) is 23.7 Å². The van der Waals surface area contributed by atoms with Crippen LogP contribution in [0.5, 0.6) is 0 Å². The van der Waals surface area contributed by atoms with Gasteiger partial charge in [-0.25, -0.2) is 9.97 Å². The Hall–Kier alpha value is -2.45. The lowest BCUT2D eigenvalue weighted by Crippen LogP contribution is -2.08. The summed E-state index contributed by atoms with van der Waals surface area (Å²) in [5, 5.41) is 15.4. The standard InChI is InChI=1S/C15H12N4S/c1-10(12-4-2-3-11(7-12)8-16)19-14-13-5-6-20-15(13)18-9-17-14/h2-7,9-10H,1H3,(H,17,18,19). The minimum Gasteiger partial charge on any atom is -0.363 e. The first kappa shape index (κ1) is 12.6. The lowest BCUT2D eigenvalue weighted by molar-refractivity contribution is 0.875. The van der Waals surface area contributed by atoms with Crippen LogP contribution in [0.4, 0.5) is 5.82 Å². The summed E-state index contributed by atoms with van der Waals surface area (Å²) in [6.45, 7) is 2.05. The van der Waals surface area contributed by atoms with Crippen LogP contribution >= 0.6 is 11.3 Å². The number of nitriles is 1. The quantitative estimate of drug-likeness (QED) is 0.794. The Bertz CT molecular complexity index is 788. The number of hydrogen-bond acceptors (Lipinski definition) is 5. The number of thiophene rings is 1. The first-order valence-corrected chi connectivity index (χ1v) is 7.10. The summed E-state index contributed by atoms with van der Waals surface area (Å²) in [6.07, 6.45) is 1.57. The number of nitrogens with one attached hydrogen (secondary N) is 1. The fourth-order valence-electron chi connectivity index (χ4n) is 2.07. The third-order valence-electron chi connectivity index (χ3n) is 3.13. The van der Waals surface area contributed by atoms with Gasteiger partial charge in [0.2, 0.25) is 0 Å².